The van der Waals surface area contributed by atoms with E-state index in [1.165, 1.54) is 5.56 Å². The van der Waals surface area contributed by atoms with E-state index in [0.717, 1.165) is 35.6 Å². The predicted octanol–water partition coefficient (Wildman–Crippen LogP) is 4.24. The van der Waals surface area contributed by atoms with Gasteiger partial charge in [0.15, 0.2) is 0 Å². The van der Waals surface area contributed by atoms with Gasteiger partial charge in [-0.1, -0.05) is 40.5 Å². The van der Waals surface area contributed by atoms with E-state index in [0.29, 0.717) is 6.04 Å². The minimum Gasteiger partial charge on any atom is -0.375 e. The minimum absolute atomic E-state index is 0.264. The van der Waals surface area contributed by atoms with Gasteiger partial charge in [0.2, 0.25) is 0 Å². The molecule has 4 heteroatoms. The molecule has 2 atom stereocenters. The molecule has 1 aromatic carbocycles. The molecule has 1 fully saturated rings. The van der Waals surface area contributed by atoms with Crippen LogP contribution in [0.4, 0.5) is 5.69 Å². The molecule has 0 aromatic heterocycles. The van der Waals surface area contributed by atoms with E-state index in [2.05, 4.69) is 46.8 Å². The maximum absolute atomic E-state index is 6.41. The summed E-state index contributed by atoms with van der Waals surface area (Å²) in [5.74, 6) is 0. The first kappa shape index (κ1) is 14.2. The van der Waals surface area contributed by atoms with Crippen molar-refractivity contribution in [1.29, 1.82) is 0 Å². The van der Waals surface area contributed by atoms with Gasteiger partial charge in [0, 0.05) is 11.9 Å². The zero-order chi connectivity index (χ0) is 13.1. The van der Waals surface area contributed by atoms with Gasteiger partial charge in [0.1, 0.15) is 0 Å². The zero-order valence-electron chi connectivity index (χ0n) is 10.8. The monoisotopic (exact) mass is 331 g/mol. The Morgan fingerprint density at radius 2 is 2.28 bits per heavy atom. The van der Waals surface area contributed by atoms with Gasteiger partial charge < -0.3 is 9.64 Å². The lowest BCUT2D eigenvalue weighted by molar-refractivity contribution is 0.0300. The average molecular weight is 333 g/mol. The predicted molar refractivity (Wildman–Crippen MR) is 80.9 cm³/mol. The van der Waals surface area contributed by atoms with Crippen LogP contribution < -0.4 is 4.90 Å². The third kappa shape index (κ3) is 3.01. The molecule has 2 nitrogen and oxygen atoms in total. The molecule has 0 spiro atoms. The van der Waals surface area contributed by atoms with Crippen molar-refractivity contribution in [3.05, 3.63) is 28.8 Å². The van der Waals surface area contributed by atoms with Crippen molar-refractivity contribution >= 4 is 33.2 Å². The second-order valence-corrected chi connectivity index (χ2v) is 5.75. The lowest BCUT2D eigenvalue weighted by atomic mass is 10.1. The van der Waals surface area contributed by atoms with E-state index < -0.39 is 0 Å². The molecule has 2 rings (SSSR count). The molecule has 1 saturated heterocycles. The maximum atomic E-state index is 6.41. The molecule has 1 aliphatic rings. The second-order valence-electron chi connectivity index (χ2n) is 4.78. The van der Waals surface area contributed by atoms with Gasteiger partial charge in [-0.05, 0) is 31.0 Å². The minimum atomic E-state index is 0.264. The van der Waals surface area contributed by atoms with Gasteiger partial charge in [0.25, 0.3) is 0 Å². The Morgan fingerprint density at radius 1 is 1.50 bits per heavy atom. The van der Waals surface area contributed by atoms with Crippen molar-refractivity contribution in [2.45, 2.75) is 37.7 Å². The van der Waals surface area contributed by atoms with Crippen LogP contribution in [-0.2, 0) is 10.1 Å². The third-order valence-corrected chi connectivity index (χ3v) is 4.36. The molecule has 100 valence electrons. The van der Waals surface area contributed by atoms with Crippen LogP contribution in [0.15, 0.2) is 18.2 Å². The highest BCUT2D eigenvalue weighted by Gasteiger charge is 2.26. The Kier molecular flexibility index (Phi) is 4.93. The smallest absolute Gasteiger partial charge is 0.0723 e. The molecule has 18 heavy (non-hydrogen) atoms. The Bertz CT molecular complexity index is 413. The van der Waals surface area contributed by atoms with Crippen molar-refractivity contribution in [1.82, 2.24) is 0 Å². The second kappa shape index (κ2) is 6.27. The molecule has 0 radical (unpaired) electrons. The van der Waals surface area contributed by atoms with Crippen molar-refractivity contribution in [3.8, 4) is 0 Å². The molecule has 0 amide bonds. The van der Waals surface area contributed by atoms with Gasteiger partial charge >= 0.3 is 0 Å². The Hall–Kier alpha value is -0.250. The highest BCUT2D eigenvalue weighted by molar-refractivity contribution is 9.08. The first-order valence-corrected chi connectivity index (χ1v) is 7.88. The Morgan fingerprint density at radius 3 is 2.89 bits per heavy atom. The number of nitrogens with zero attached hydrogens (tertiary/aromatic N) is 1. The van der Waals surface area contributed by atoms with Crippen LogP contribution >= 0.6 is 27.5 Å². The summed E-state index contributed by atoms with van der Waals surface area (Å²) in [4.78, 5) is 2.38. The molecular formula is C14H19BrClNO. The van der Waals surface area contributed by atoms with Crippen molar-refractivity contribution in [3.63, 3.8) is 0 Å². The molecule has 0 N–H and O–H groups in total. The summed E-state index contributed by atoms with van der Waals surface area (Å²) >= 11 is 9.86. The lowest BCUT2D eigenvalue weighted by Crippen LogP contribution is -2.48. The third-order valence-electron chi connectivity index (χ3n) is 3.41. The number of benzene rings is 1. The van der Waals surface area contributed by atoms with Gasteiger partial charge in [-0.2, -0.15) is 0 Å². The molecule has 2 unspecified atom stereocenters. The fourth-order valence-corrected chi connectivity index (χ4v) is 3.00. The number of morpholine rings is 1. The summed E-state index contributed by atoms with van der Waals surface area (Å²) in [5, 5.41) is 1.67. The first-order chi connectivity index (χ1) is 8.65. The van der Waals surface area contributed by atoms with Crippen molar-refractivity contribution in [2.24, 2.45) is 0 Å². The zero-order valence-corrected chi connectivity index (χ0v) is 13.2. The molecule has 1 aromatic rings. The summed E-state index contributed by atoms with van der Waals surface area (Å²) < 4.78 is 5.73. The van der Waals surface area contributed by atoms with Gasteiger partial charge in [0.05, 0.1) is 29.5 Å². The quantitative estimate of drug-likeness (QED) is 0.768. The summed E-state index contributed by atoms with van der Waals surface area (Å²) in [5.41, 5.74) is 2.33. The van der Waals surface area contributed by atoms with Crippen LogP contribution in [0.5, 0.6) is 0 Å². The van der Waals surface area contributed by atoms with E-state index in [-0.39, 0.29) is 6.10 Å². The number of alkyl halides is 1. The Balaban J connectivity index is 2.27. The largest absolute Gasteiger partial charge is 0.375 e. The fourth-order valence-electron chi connectivity index (χ4n) is 2.34. The molecule has 0 aliphatic carbocycles. The van der Waals surface area contributed by atoms with Crippen LogP contribution in [0.1, 0.15) is 25.8 Å². The highest BCUT2D eigenvalue weighted by atomic mass is 79.9. The van der Waals surface area contributed by atoms with Crippen LogP contribution in [0.25, 0.3) is 0 Å². The van der Waals surface area contributed by atoms with Crippen molar-refractivity contribution in [2.75, 3.05) is 18.1 Å². The first-order valence-electron chi connectivity index (χ1n) is 6.38. The number of hydrogen-bond acceptors (Lipinski definition) is 2. The number of ether oxygens (including phenoxy) is 1. The van der Waals surface area contributed by atoms with Gasteiger partial charge in [-0.15, -0.1) is 0 Å². The van der Waals surface area contributed by atoms with Gasteiger partial charge in [-0.25, -0.2) is 0 Å². The molecule has 0 saturated carbocycles. The topological polar surface area (TPSA) is 12.5 Å². The number of rotatable bonds is 3. The summed E-state index contributed by atoms with van der Waals surface area (Å²) in [6, 6.07) is 6.72. The summed E-state index contributed by atoms with van der Waals surface area (Å²) in [6.45, 7) is 6.00. The van der Waals surface area contributed by atoms with E-state index >= 15 is 0 Å². The fraction of sp³-hybridized carbons (Fsp3) is 0.571. The highest BCUT2D eigenvalue weighted by Crippen LogP contribution is 2.31. The average Bonchev–Trinajstić information content (AvgIpc) is 2.38. The van der Waals surface area contributed by atoms with Gasteiger partial charge in [-0.3, -0.25) is 0 Å². The van der Waals surface area contributed by atoms with E-state index in [1.807, 2.05) is 6.07 Å². The number of hydrogen-bond donors (Lipinski definition) is 0. The van der Waals surface area contributed by atoms with E-state index in [1.54, 1.807) is 0 Å². The summed E-state index contributed by atoms with van der Waals surface area (Å²) in [6.07, 6.45) is 1.34. The van der Waals surface area contributed by atoms with E-state index in [4.69, 9.17) is 16.3 Å². The molecule has 1 aliphatic heterocycles. The number of halogens is 2. The van der Waals surface area contributed by atoms with E-state index in [9.17, 15) is 0 Å². The van der Waals surface area contributed by atoms with Crippen LogP contribution in [0.2, 0.25) is 5.02 Å². The van der Waals surface area contributed by atoms with Crippen LogP contribution in [0, 0.1) is 0 Å². The standard InChI is InChI=1S/C14H19BrClNO/c1-3-12-9-18-10(2)8-17(12)14-5-4-11(7-15)6-13(14)16/h4-6,10,12H,3,7-9H2,1-2H3. The molecular weight excluding hydrogens is 314 g/mol. The normalized spacial score (nSPS) is 24.3. The summed E-state index contributed by atoms with van der Waals surface area (Å²) in [7, 11) is 0. The Labute approximate surface area is 122 Å². The number of anilines is 1. The van der Waals surface area contributed by atoms with Crippen LogP contribution in [0.3, 0.4) is 0 Å². The SMILES string of the molecule is CCC1COC(C)CN1c1ccc(CBr)cc1Cl. The lowest BCUT2D eigenvalue weighted by Gasteiger charge is -2.40. The molecule has 0 bridgehead atoms. The van der Waals surface area contributed by atoms with Crippen LogP contribution in [-0.4, -0.2) is 25.3 Å². The van der Waals surface area contributed by atoms with Crippen molar-refractivity contribution < 1.29 is 4.74 Å². The molecule has 1 heterocycles. The maximum Gasteiger partial charge on any atom is 0.0723 e.